The maximum Gasteiger partial charge on any atom is 0.0432 e. The number of likely N-dealkylation sites (tertiary alicyclic amines) is 1. The maximum absolute atomic E-state index is 6.68. The first-order valence-corrected chi connectivity index (χ1v) is 10.5. The molecular formula is C22H28ClN3S. The number of fused-ring (bicyclic) bond motifs is 1. The Hall–Kier alpha value is -1.42. The van der Waals surface area contributed by atoms with Crippen LogP contribution in [0.25, 0.3) is 5.57 Å². The van der Waals surface area contributed by atoms with Gasteiger partial charge in [-0.3, -0.25) is 0 Å². The van der Waals surface area contributed by atoms with Gasteiger partial charge in [0.25, 0.3) is 0 Å². The van der Waals surface area contributed by atoms with E-state index in [1.54, 1.807) is 0 Å². The maximum atomic E-state index is 6.68. The number of allylic oxidation sites excluding steroid dienone is 3. The van der Waals surface area contributed by atoms with Crippen LogP contribution >= 0.6 is 24.2 Å². The fraction of sp³-hybridized carbons (Fsp3) is 0.409. The van der Waals surface area contributed by atoms with E-state index >= 15 is 0 Å². The van der Waals surface area contributed by atoms with Gasteiger partial charge in [0.15, 0.2) is 0 Å². The molecule has 1 aliphatic carbocycles. The van der Waals surface area contributed by atoms with Crippen molar-refractivity contribution in [2.75, 3.05) is 25.4 Å². The van der Waals surface area contributed by atoms with Crippen LogP contribution in [-0.4, -0.2) is 36.3 Å². The Morgan fingerprint density at radius 3 is 2.67 bits per heavy atom. The number of nitrogens with zero attached hydrogens (tertiary/aromatic N) is 1. The Bertz CT molecular complexity index is 811. The molecule has 4 N–H and O–H groups in total. The van der Waals surface area contributed by atoms with Crippen molar-refractivity contribution in [2.45, 2.75) is 31.7 Å². The molecule has 1 aliphatic heterocycles. The minimum Gasteiger partial charge on any atom is -0.398 e. The topological polar surface area (TPSA) is 55.3 Å². The first-order valence-electron chi connectivity index (χ1n) is 9.48. The van der Waals surface area contributed by atoms with E-state index in [2.05, 4.69) is 42.0 Å². The highest BCUT2D eigenvalue weighted by molar-refractivity contribution is 7.80. The largest absolute Gasteiger partial charge is 0.398 e. The molecule has 0 saturated carbocycles. The standard InChI is InChI=1S/C22H28ClN3S/c1-2-3-16-4-5-17-12-18(23)6-7-20(17)21(22(16)25)15-8-10-26(11-9-15)13-19(24)14-27/h3,6-7,12,19,27H,1,4-5,8-11,13-14,24-25H2/t19-/m1/s1. The predicted molar refractivity (Wildman–Crippen MR) is 119 cm³/mol. The van der Waals surface area contributed by atoms with Crippen molar-refractivity contribution in [1.82, 2.24) is 4.90 Å². The van der Waals surface area contributed by atoms with Gasteiger partial charge in [-0.15, -0.1) is 5.73 Å². The molecule has 5 heteroatoms. The van der Waals surface area contributed by atoms with Gasteiger partial charge in [0, 0.05) is 47.7 Å². The third-order valence-electron chi connectivity index (χ3n) is 5.43. The molecule has 1 saturated heterocycles. The summed E-state index contributed by atoms with van der Waals surface area (Å²) in [6, 6.07) is 6.28. The van der Waals surface area contributed by atoms with Gasteiger partial charge < -0.3 is 16.4 Å². The van der Waals surface area contributed by atoms with Crippen molar-refractivity contribution in [1.29, 1.82) is 0 Å². The molecule has 1 heterocycles. The van der Waals surface area contributed by atoms with Crippen molar-refractivity contribution in [3.8, 4) is 0 Å². The highest BCUT2D eigenvalue weighted by Gasteiger charge is 2.24. The minimum absolute atomic E-state index is 0.123. The van der Waals surface area contributed by atoms with Gasteiger partial charge in [-0.1, -0.05) is 29.8 Å². The number of thiol groups is 1. The quantitative estimate of drug-likeness (QED) is 0.529. The van der Waals surface area contributed by atoms with Crippen molar-refractivity contribution in [3.05, 3.63) is 69.6 Å². The lowest BCUT2D eigenvalue weighted by Crippen LogP contribution is -2.41. The number of halogens is 1. The molecule has 1 aromatic carbocycles. The number of hydrogen-bond acceptors (Lipinski definition) is 4. The van der Waals surface area contributed by atoms with Crippen LogP contribution in [0.3, 0.4) is 0 Å². The lowest BCUT2D eigenvalue weighted by atomic mass is 9.88. The van der Waals surface area contributed by atoms with Crippen molar-refractivity contribution < 1.29 is 0 Å². The summed E-state index contributed by atoms with van der Waals surface area (Å²) in [7, 11) is 0. The third-order valence-corrected chi connectivity index (χ3v) is 6.14. The minimum atomic E-state index is 0.123. The molecule has 3 rings (SSSR count). The Kier molecular flexibility index (Phi) is 6.91. The zero-order valence-corrected chi connectivity index (χ0v) is 17.3. The Morgan fingerprint density at radius 2 is 2.00 bits per heavy atom. The highest BCUT2D eigenvalue weighted by Crippen LogP contribution is 2.38. The molecule has 27 heavy (non-hydrogen) atoms. The average Bonchev–Trinajstić information content (AvgIpc) is 2.80. The van der Waals surface area contributed by atoms with Gasteiger partial charge in [0.1, 0.15) is 0 Å². The highest BCUT2D eigenvalue weighted by atomic mass is 35.5. The van der Waals surface area contributed by atoms with E-state index in [1.807, 2.05) is 12.1 Å². The molecule has 2 aliphatic rings. The van der Waals surface area contributed by atoms with E-state index < -0.39 is 0 Å². The molecule has 0 spiro atoms. The normalized spacial score (nSPS) is 19.4. The third kappa shape index (κ3) is 4.71. The van der Waals surface area contributed by atoms with Crippen LogP contribution < -0.4 is 11.5 Å². The molecule has 0 amide bonds. The number of aryl methyl sites for hydroxylation is 1. The van der Waals surface area contributed by atoms with E-state index in [4.69, 9.17) is 23.1 Å². The summed E-state index contributed by atoms with van der Waals surface area (Å²) in [6.07, 6.45) is 5.72. The second-order valence-electron chi connectivity index (χ2n) is 7.31. The summed E-state index contributed by atoms with van der Waals surface area (Å²) in [5.41, 5.74) is 22.7. The number of rotatable bonds is 4. The van der Waals surface area contributed by atoms with E-state index in [1.165, 1.54) is 22.3 Å². The van der Waals surface area contributed by atoms with Crippen LogP contribution in [-0.2, 0) is 6.42 Å². The number of nitrogens with two attached hydrogens (primary N) is 2. The first-order chi connectivity index (χ1) is 13.0. The molecule has 0 radical (unpaired) electrons. The smallest absolute Gasteiger partial charge is 0.0432 e. The molecule has 1 fully saturated rings. The lowest BCUT2D eigenvalue weighted by molar-refractivity contribution is 0.246. The summed E-state index contributed by atoms with van der Waals surface area (Å²) >= 11 is 10.6. The number of hydrogen-bond donors (Lipinski definition) is 3. The molecule has 1 aromatic rings. The molecule has 0 bridgehead atoms. The van der Waals surface area contributed by atoms with Crippen LogP contribution in [0.5, 0.6) is 0 Å². The van der Waals surface area contributed by atoms with Crippen molar-refractivity contribution in [2.24, 2.45) is 11.5 Å². The van der Waals surface area contributed by atoms with Gasteiger partial charge in [0.05, 0.1) is 0 Å². The number of piperidine rings is 1. The zero-order valence-electron chi connectivity index (χ0n) is 15.7. The van der Waals surface area contributed by atoms with Crippen molar-refractivity contribution >= 4 is 29.8 Å². The van der Waals surface area contributed by atoms with Gasteiger partial charge in [-0.25, -0.2) is 0 Å². The number of benzene rings is 1. The summed E-state index contributed by atoms with van der Waals surface area (Å²) in [4.78, 5) is 2.43. The van der Waals surface area contributed by atoms with Gasteiger partial charge in [0.2, 0.25) is 0 Å². The SMILES string of the molecule is C=C=CC1=C(N)C(=C2CCN(C[C@@H](N)CS)CC2)c2ccc(Cl)cc2CC1. The first kappa shape index (κ1) is 20.3. The Balaban J connectivity index is 1.98. The molecular weight excluding hydrogens is 374 g/mol. The fourth-order valence-corrected chi connectivity index (χ4v) is 4.33. The fourth-order valence-electron chi connectivity index (χ4n) is 4.02. The van der Waals surface area contributed by atoms with Gasteiger partial charge >= 0.3 is 0 Å². The Labute approximate surface area is 172 Å². The van der Waals surface area contributed by atoms with Gasteiger partial charge in [-0.2, -0.15) is 12.6 Å². The van der Waals surface area contributed by atoms with Crippen LogP contribution in [0, 0.1) is 0 Å². The van der Waals surface area contributed by atoms with E-state index in [-0.39, 0.29) is 6.04 Å². The van der Waals surface area contributed by atoms with E-state index in [0.717, 1.165) is 61.6 Å². The molecule has 1 atom stereocenters. The van der Waals surface area contributed by atoms with E-state index in [9.17, 15) is 0 Å². The van der Waals surface area contributed by atoms with Crippen LogP contribution in [0.15, 0.2) is 53.4 Å². The van der Waals surface area contributed by atoms with Crippen LogP contribution in [0.2, 0.25) is 5.02 Å². The van der Waals surface area contributed by atoms with E-state index in [0.29, 0.717) is 5.75 Å². The Morgan fingerprint density at radius 1 is 1.26 bits per heavy atom. The second-order valence-corrected chi connectivity index (χ2v) is 8.11. The summed E-state index contributed by atoms with van der Waals surface area (Å²) < 4.78 is 0. The summed E-state index contributed by atoms with van der Waals surface area (Å²) in [6.45, 7) is 6.64. The average molecular weight is 402 g/mol. The zero-order chi connectivity index (χ0) is 19.4. The van der Waals surface area contributed by atoms with Gasteiger partial charge in [-0.05, 0) is 60.6 Å². The molecule has 0 unspecified atom stereocenters. The van der Waals surface area contributed by atoms with Crippen LogP contribution in [0.4, 0.5) is 0 Å². The lowest BCUT2D eigenvalue weighted by Gasteiger charge is -2.31. The molecule has 144 valence electrons. The summed E-state index contributed by atoms with van der Waals surface area (Å²) in [5.74, 6) is 0.714. The van der Waals surface area contributed by atoms with Crippen molar-refractivity contribution in [3.63, 3.8) is 0 Å². The van der Waals surface area contributed by atoms with Crippen LogP contribution in [0.1, 0.15) is 30.4 Å². The molecule has 3 nitrogen and oxygen atoms in total. The monoisotopic (exact) mass is 401 g/mol. The molecule has 0 aromatic heterocycles. The predicted octanol–water partition coefficient (Wildman–Crippen LogP) is 3.95. The summed E-state index contributed by atoms with van der Waals surface area (Å²) in [5, 5.41) is 0.773. The second kappa shape index (κ2) is 9.18.